The third-order valence-corrected chi connectivity index (χ3v) is 3.39. The Balaban J connectivity index is 2.08. The normalized spacial score (nSPS) is 34.7. The molecule has 1 N–H and O–H groups in total. The van der Waals surface area contributed by atoms with Crippen LogP contribution < -0.4 is 5.32 Å². The number of carbonyl (C=O) groups excluding carboxylic acids is 1. The summed E-state index contributed by atoms with van der Waals surface area (Å²) in [5.41, 5.74) is 2.60. The number of allylic oxidation sites excluding steroid dienone is 5. The largest absolute Gasteiger partial charge is 0.313 e. The molecular weight excluding hydrogens is 174 g/mol. The molecule has 0 amide bonds. The first-order valence-corrected chi connectivity index (χ1v) is 5.20. The van der Waals surface area contributed by atoms with E-state index in [0.717, 1.165) is 19.5 Å². The molecule has 3 aliphatic rings. The molecule has 1 saturated heterocycles. The van der Waals surface area contributed by atoms with Crippen LogP contribution in [0.5, 0.6) is 0 Å². The van der Waals surface area contributed by atoms with Crippen molar-refractivity contribution < 1.29 is 4.79 Å². The van der Waals surface area contributed by atoms with Crippen molar-refractivity contribution in [2.45, 2.75) is 6.42 Å². The first-order valence-electron chi connectivity index (χ1n) is 5.20. The number of Topliss-reactive ketones (excluding diaryl/α,β-unsaturated/α-hetero) is 1. The van der Waals surface area contributed by atoms with Crippen molar-refractivity contribution in [2.75, 3.05) is 13.1 Å². The van der Waals surface area contributed by atoms with Gasteiger partial charge in [0, 0.05) is 12.5 Å². The van der Waals surface area contributed by atoms with Gasteiger partial charge in [0.1, 0.15) is 0 Å². The zero-order valence-corrected chi connectivity index (χ0v) is 7.99. The fourth-order valence-corrected chi connectivity index (χ4v) is 2.70. The fraction of sp³-hybridized carbons (Fsp3) is 0.417. The fourth-order valence-electron chi connectivity index (χ4n) is 2.70. The number of hydrogen-bond acceptors (Lipinski definition) is 2. The Morgan fingerprint density at radius 3 is 3.21 bits per heavy atom. The van der Waals surface area contributed by atoms with Crippen molar-refractivity contribution in [1.29, 1.82) is 0 Å². The number of carbonyl (C=O) groups is 1. The molecule has 1 aliphatic heterocycles. The van der Waals surface area contributed by atoms with Gasteiger partial charge in [-0.15, -0.1) is 0 Å². The molecule has 0 aromatic heterocycles. The van der Waals surface area contributed by atoms with Gasteiger partial charge < -0.3 is 5.32 Å². The zero-order valence-electron chi connectivity index (χ0n) is 7.99. The molecule has 0 saturated carbocycles. The van der Waals surface area contributed by atoms with E-state index in [1.54, 1.807) is 0 Å². The van der Waals surface area contributed by atoms with Crippen LogP contribution in [-0.2, 0) is 4.79 Å². The van der Waals surface area contributed by atoms with Crippen LogP contribution in [0.4, 0.5) is 0 Å². The van der Waals surface area contributed by atoms with Crippen LogP contribution in [0, 0.1) is 11.8 Å². The summed E-state index contributed by atoms with van der Waals surface area (Å²) in [6.45, 7) is 1.88. The number of hydrogen-bond donors (Lipinski definition) is 1. The van der Waals surface area contributed by atoms with Crippen LogP contribution in [0.2, 0.25) is 0 Å². The average molecular weight is 187 g/mol. The lowest BCUT2D eigenvalue weighted by molar-refractivity contribution is -0.122. The van der Waals surface area contributed by atoms with E-state index in [1.165, 1.54) is 11.1 Å². The first kappa shape index (κ1) is 8.18. The Labute approximate surface area is 83.4 Å². The van der Waals surface area contributed by atoms with Gasteiger partial charge in [-0.05, 0) is 24.1 Å². The summed E-state index contributed by atoms with van der Waals surface area (Å²) < 4.78 is 0. The minimum Gasteiger partial charge on any atom is -0.313 e. The standard InChI is InChI=1S/C12H13NO/c14-12-9-4-2-1-3-8(9)11-7-13-6-5-10(11)12/h1-4,9-10,13H,5-7H2. The van der Waals surface area contributed by atoms with E-state index in [1.807, 2.05) is 18.2 Å². The molecule has 14 heavy (non-hydrogen) atoms. The molecule has 0 aromatic carbocycles. The molecule has 2 aliphatic carbocycles. The van der Waals surface area contributed by atoms with Gasteiger partial charge in [0.25, 0.3) is 0 Å². The number of nitrogens with one attached hydrogen (secondary N) is 1. The van der Waals surface area contributed by atoms with Gasteiger partial charge in [0.15, 0.2) is 5.78 Å². The smallest absolute Gasteiger partial charge is 0.151 e. The molecule has 2 heteroatoms. The molecule has 0 radical (unpaired) electrons. The molecule has 0 spiro atoms. The van der Waals surface area contributed by atoms with Gasteiger partial charge in [-0.1, -0.05) is 24.3 Å². The van der Waals surface area contributed by atoms with E-state index >= 15 is 0 Å². The van der Waals surface area contributed by atoms with E-state index in [9.17, 15) is 4.79 Å². The van der Waals surface area contributed by atoms with Crippen LogP contribution in [0.1, 0.15) is 6.42 Å². The highest BCUT2D eigenvalue weighted by Gasteiger charge is 2.40. The SMILES string of the molecule is O=C1C2C=CC=CC2=C2CNCCC12. The number of fused-ring (bicyclic) bond motifs is 2. The van der Waals surface area contributed by atoms with Gasteiger partial charge in [-0.2, -0.15) is 0 Å². The third-order valence-electron chi connectivity index (χ3n) is 3.39. The van der Waals surface area contributed by atoms with Gasteiger partial charge in [0.05, 0.1) is 5.92 Å². The maximum atomic E-state index is 12.0. The Hall–Kier alpha value is -1.15. The summed E-state index contributed by atoms with van der Waals surface area (Å²) in [7, 11) is 0. The quantitative estimate of drug-likeness (QED) is 0.617. The summed E-state index contributed by atoms with van der Waals surface area (Å²) in [6, 6.07) is 0. The molecular formula is C12H13NO. The molecule has 2 atom stereocenters. The van der Waals surface area contributed by atoms with Gasteiger partial charge in [-0.3, -0.25) is 4.79 Å². The van der Waals surface area contributed by atoms with Crippen molar-refractivity contribution >= 4 is 5.78 Å². The van der Waals surface area contributed by atoms with E-state index in [0.29, 0.717) is 5.78 Å². The highest BCUT2D eigenvalue weighted by atomic mass is 16.1. The molecule has 2 unspecified atom stereocenters. The van der Waals surface area contributed by atoms with E-state index in [-0.39, 0.29) is 11.8 Å². The van der Waals surface area contributed by atoms with Crippen molar-refractivity contribution in [3.63, 3.8) is 0 Å². The van der Waals surface area contributed by atoms with Crippen LogP contribution in [0.25, 0.3) is 0 Å². The highest BCUT2D eigenvalue weighted by Crippen LogP contribution is 2.39. The lowest BCUT2D eigenvalue weighted by atomic mass is 9.92. The summed E-state index contributed by atoms with van der Waals surface area (Å²) in [4.78, 5) is 12.0. The highest BCUT2D eigenvalue weighted by molar-refractivity contribution is 5.95. The molecule has 1 fully saturated rings. The van der Waals surface area contributed by atoms with Crippen LogP contribution in [-0.4, -0.2) is 18.9 Å². The van der Waals surface area contributed by atoms with Crippen molar-refractivity contribution in [2.24, 2.45) is 11.8 Å². The van der Waals surface area contributed by atoms with E-state index < -0.39 is 0 Å². The average Bonchev–Trinajstić information content (AvgIpc) is 2.55. The van der Waals surface area contributed by atoms with Crippen molar-refractivity contribution in [3.8, 4) is 0 Å². The minimum absolute atomic E-state index is 0.0694. The van der Waals surface area contributed by atoms with Crippen LogP contribution in [0.3, 0.4) is 0 Å². The molecule has 1 heterocycles. The Morgan fingerprint density at radius 2 is 2.29 bits per heavy atom. The monoisotopic (exact) mass is 187 g/mol. The van der Waals surface area contributed by atoms with Gasteiger partial charge >= 0.3 is 0 Å². The summed E-state index contributed by atoms with van der Waals surface area (Å²) in [5, 5.41) is 3.34. The number of piperidine rings is 1. The number of ketones is 1. The third kappa shape index (κ3) is 0.976. The van der Waals surface area contributed by atoms with E-state index in [4.69, 9.17) is 0 Å². The second-order valence-electron chi connectivity index (χ2n) is 4.12. The van der Waals surface area contributed by atoms with Crippen LogP contribution >= 0.6 is 0 Å². The van der Waals surface area contributed by atoms with Crippen LogP contribution in [0.15, 0.2) is 35.5 Å². The minimum atomic E-state index is 0.0694. The Morgan fingerprint density at radius 1 is 1.36 bits per heavy atom. The maximum Gasteiger partial charge on any atom is 0.151 e. The second kappa shape index (κ2) is 2.92. The Kier molecular flexibility index (Phi) is 1.71. The predicted octanol–water partition coefficient (Wildman–Crippen LogP) is 1.22. The summed E-state index contributed by atoms with van der Waals surface area (Å²) in [6.07, 6.45) is 9.13. The summed E-state index contributed by atoms with van der Waals surface area (Å²) in [5.74, 6) is 0.695. The van der Waals surface area contributed by atoms with Crippen molar-refractivity contribution in [3.05, 3.63) is 35.5 Å². The molecule has 3 rings (SSSR count). The first-order chi connectivity index (χ1) is 6.88. The van der Waals surface area contributed by atoms with Gasteiger partial charge in [-0.25, -0.2) is 0 Å². The predicted molar refractivity (Wildman–Crippen MR) is 54.8 cm³/mol. The number of rotatable bonds is 0. The molecule has 0 aromatic rings. The lowest BCUT2D eigenvalue weighted by Crippen LogP contribution is -2.32. The lowest BCUT2D eigenvalue weighted by Gasteiger charge is -2.20. The maximum absolute atomic E-state index is 12.0. The molecule has 72 valence electrons. The van der Waals surface area contributed by atoms with E-state index in [2.05, 4.69) is 11.4 Å². The molecule has 0 bridgehead atoms. The molecule has 2 nitrogen and oxygen atoms in total. The van der Waals surface area contributed by atoms with Gasteiger partial charge in [0.2, 0.25) is 0 Å². The second-order valence-corrected chi connectivity index (χ2v) is 4.12. The Bertz CT molecular complexity index is 376. The zero-order chi connectivity index (χ0) is 9.54. The summed E-state index contributed by atoms with van der Waals surface area (Å²) >= 11 is 0. The topological polar surface area (TPSA) is 29.1 Å². The van der Waals surface area contributed by atoms with Crippen molar-refractivity contribution in [1.82, 2.24) is 5.32 Å².